The van der Waals surface area contributed by atoms with Gasteiger partial charge >= 0.3 is 0 Å². The molecule has 5 nitrogen and oxygen atoms in total. The second-order valence-corrected chi connectivity index (χ2v) is 4.93. The molecule has 0 spiro atoms. The molecule has 0 aliphatic rings. The zero-order valence-corrected chi connectivity index (χ0v) is 11.7. The van der Waals surface area contributed by atoms with Gasteiger partial charge in [0.1, 0.15) is 6.10 Å². The van der Waals surface area contributed by atoms with Crippen molar-refractivity contribution in [1.29, 1.82) is 0 Å². The fraction of sp³-hybridized carbons (Fsp3) is 0.429. The van der Waals surface area contributed by atoms with Crippen LogP contribution in [0.1, 0.15) is 31.3 Å². The lowest BCUT2D eigenvalue weighted by molar-refractivity contribution is 0.0556. The average Bonchev–Trinajstić information content (AvgIpc) is 2.82. The van der Waals surface area contributed by atoms with Crippen molar-refractivity contribution in [2.45, 2.75) is 26.9 Å². The molecular formula is C14H19N3O2. The zero-order valence-electron chi connectivity index (χ0n) is 11.7. The number of anilines is 1. The van der Waals surface area contributed by atoms with E-state index in [-0.39, 0.29) is 12.0 Å². The van der Waals surface area contributed by atoms with E-state index < -0.39 is 0 Å². The molecule has 2 N–H and O–H groups in total. The van der Waals surface area contributed by atoms with Crippen molar-refractivity contribution in [2.24, 2.45) is 5.92 Å². The summed E-state index contributed by atoms with van der Waals surface area (Å²) in [6.45, 7) is 6.05. The third-order valence-corrected chi connectivity index (χ3v) is 3.07. The zero-order chi connectivity index (χ0) is 14.0. The van der Waals surface area contributed by atoms with Crippen LogP contribution in [0.5, 0.6) is 0 Å². The van der Waals surface area contributed by atoms with Gasteiger partial charge in [-0.15, -0.1) is 0 Å². The molecule has 2 rings (SSSR count). The van der Waals surface area contributed by atoms with Crippen molar-refractivity contribution in [3.05, 3.63) is 29.6 Å². The molecule has 1 atom stereocenters. The molecule has 0 radical (unpaired) electrons. The highest BCUT2D eigenvalue weighted by Crippen LogP contribution is 2.26. The largest absolute Gasteiger partial charge is 0.399 e. The monoisotopic (exact) mass is 261 g/mol. The molecule has 2 aromatic rings. The standard InChI is InChI=1S/C14H19N3O2/c1-8(2)12(18-4)13-16-14(19-17-13)10-5-6-11(15)9(3)7-10/h5-8,12H,15H2,1-4H3. The minimum atomic E-state index is -0.160. The highest BCUT2D eigenvalue weighted by molar-refractivity contribution is 5.60. The highest BCUT2D eigenvalue weighted by Gasteiger charge is 2.21. The Morgan fingerprint density at radius 2 is 2.05 bits per heavy atom. The van der Waals surface area contributed by atoms with Crippen LogP contribution in [0.15, 0.2) is 22.7 Å². The summed E-state index contributed by atoms with van der Waals surface area (Å²) in [5.41, 5.74) is 8.40. The summed E-state index contributed by atoms with van der Waals surface area (Å²) in [7, 11) is 1.65. The lowest BCUT2D eigenvalue weighted by Crippen LogP contribution is -2.10. The van der Waals surface area contributed by atoms with E-state index in [0.29, 0.717) is 11.7 Å². The Balaban J connectivity index is 2.32. The molecule has 1 aromatic carbocycles. The molecule has 0 aliphatic carbocycles. The molecule has 1 unspecified atom stereocenters. The molecule has 19 heavy (non-hydrogen) atoms. The van der Waals surface area contributed by atoms with Crippen molar-refractivity contribution in [3.8, 4) is 11.5 Å². The third-order valence-electron chi connectivity index (χ3n) is 3.07. The molecule has 0 saturated carbocycles. The molecule has 0 saturated heterocycles. The van der Waals surface area contributed by atoms with Crippen molar-refractivity contribution in [3.63, 3.8) is 0 Å². The lowest BCUT2D eigenvalue weighted by Gasteiger charge is -2.14. The molecular weight excluding hydrogens is 242 g/mol. The number of hydrogen-bond donors (Lipinski definition) is 1. The van der Waals surface area contributed by atoms with Gasteiger partial charge in [-0.1, -0.05) is 19.0 Å². The van der Waals surface area contributed by atoms with Gasteiger partial charge in [0.05, 0.1) is 0 Å². The number of aromatic nitrogens is 2. The van der Waals surface area contributed by atoms with Crippen LogP contribution in [0.25, 0.3) is 11.5 Å². The number of methoxy groups -OCH3 is 1. The van der Waals surface area contributed by atoms with Gasteiger partial charge in [-0.2, -0.15) is 4.98 Å². The summed E-state index contributed by atoms with van der Waals surface area (Å²) in [5.74, 6) is 1.34. The Morgan fingerprint density at radius 3 is 2.63 bits per heavy atom. The van der Waals surface area contributed by atoms with Crippen LogP contribution in [0.2, 0.25) is 0 Å². The van der Waals surface area contributed by atoms with Crippen LogP contribution in [0.4, 0.5) is 5.69 Å². The van der Waals surface area contributed by atoms with Crippen LogP contribution in [0.3, 0.4) is 0 Å². The maximum Gasteiger partial charge on any atom is 0.258 e. The summed E-state index contributed by atoms with van der Waals surface area (Å²) < 4.78 is 10.7. The topological polar surface area (TPSA) is 74.2 Å². The molecule has 0 amide bonds. The molecule has 0 aliphatic heterocycles. The van der Waals surface area contributed by atoms with Crippen LogP contribution in [0, 0.1) is 12.8 Å². The number of ether oxygens (including phenoxy) is 1. The van der Waals surface area contributed by atoms with Gasteiger partial charge in [-0.25, -0.2) is 0 Å². The van der Waals surface area contributed by atoms with Gasteiger partial charge in [-0.05, 0) is 36.6 Å². The van der Waals surface area contributed by atoms with Gasteiger partial charge in [0.15, 0.2) is 0 Å². The third kappa shape index (κ3) is 2.76. The Bertz CT molecular complexity index is 564. The number of benzene rings is 1. The molecule has 1 aromatic heterocycles. The first-order valence-corrected chi connectivity index (χ1v) is 6.25. The number of nitrogens with two attached hydrogens (primary N) is 1. The van der Waals surface area contributed by atoms with E-state index in [2.05, 4.69) is 24.0 Å². The molecule has 0 fully saturated rings. The first-order valence-electron chi connectivity index (χ1n) is 6.25. The summed E-state index contributed by atoms with van der Waals surface area (Å²) in [6, 6.07) is 5.64. The first-order chi connectivity index (χ1) is 9.02. The lowest BCUT2D eigenvalue weighted by atomic mass is 10.1. The van der Waals surface area contributed by atoms with Crippen molar-refractivity contribution < 1.29 is 9.26 Å². The second kappa shape index (κ2) is 5.40. The van der Waals surface area contributed by atoms with Gasteiger partial charge in [0.25, 0.3) is 5.89 Å². The van der Waals surface area contributed by atoms with E-state index in [0.717, 1.165) is 16.8 Å². The first kappa shape index (κ1) is 13.5. The fourth-order valence-electron chi connectivity index (χ4n) is 1.95. The Labute approximate surface area is 112 Å². The van der Waals surface area contributed by atoms with Crippen LogP contribution in [-0.2, 0) is 4.74 Å². The number of hydrogen-bond acceptors (Lipinski definition) is 5. The molecule has 102 valence electrons. The number of aryl methyl sites for hydroxylation is 1. The predicted octanol–water partition coefficient (Wildman–Crippen LogP) is 2.97. The van der Waals surface area contributed by atoms with Crippen LogP contribution < -0.4 is 5.73 Å². The minimum absolute atomic E-state index is 0.160. The molecule has 5 heteroatoms. The number of nitrogen functional groups attached to an aromatic ring is 1. The highest BCUT2D eigenvalue weighted by atomic mass is 16.5. The quantitative estimate of drug-likeness (QED) is 0.856. The predicted molar refractivity (Wildman–Crippen MR) is 73.5 cm³/mol. The molecule has 0 bridgehead atoms. The second-order valence-electron chi connectivity index (χ2n) is 4.93. The Kier molecular flexibility index (Phi) is 3.85. The van der Waals surface area contributed by atoms with Gasteiger partial charge in [-0.3, -0.25) is 0 Å². The normalized spacial score (nSPS) is 12.9. The van der Waals surface area contributed by atoms with Crippen LogP contribution >= 0.6 is 0 Å². The van der Waals surface area contributed by atoms with Crippen molar-refractivity contribution in [2.75, 3.05) is 12.8 Å². The van der Waals surface area contributed by atoms with Gasteiger partial charge in [0.2, 0.25) is 5.82 Å². The summed E-state index contributed by atoms with van der Waals surface area (Å²) >= 11 is 0. The van der Waals surface area contributed by atoms with E-state index in [9.17, 15) is 0 Å². The summed E-state index contributed by atoms with van der Waals surface area (Å²) in [4.78, 5) is 4.40. The van der Waals surface area contributed by atoms with Crippen LogP contribution in [-0.4, -0.2) is 17.3 Å². The fourth-order valence-corrected chi connectivity index (χ4v) is 1.95. The SMILES string of the molecule is COC(c1noc(-c2ccc(N)c(C)c2)n1)C(C)C. The maximum atomic E-state index is 5.79. The summed E-state index contributed by atoms with van der Waals surface area (Å²) in [6.07, 6.45) is -0.160. The number of rotatable bonds is 4. The Hall–Kier alpha value is -1.88. The van der Waals surface area contributed by atoms with Gasteiger partial charge in [0, 0.05) is 18.4 Å². The van der Waals surface area contributed by atoms with E-state index >= 15 is 0 Å². The maximum absolute atomic E-state index is 5.79. The van der Waals surface area contributed by atoms with E-state index in [4.69, 9.17) is 15.0 Å². The van der Waals surface area contributed by atoms with Crippen molar-refractivity contribution >= 4 is 5.69 Å². The molecule has 1 heterocycles. The van der Waals surface area contributed by atoms with Crippen molar-refractivity contribution in [1.82, 2.24) is 10.1 Å². The van der Waals surface area contributed by atoms with E-state index in [1.807, 2.05) is 25.1 Å². The minimum Gasteiger partial charge on any atom is -0.399 e. The van der Waals surface area contributed by atoms with Gasteiger partial charge < -0.3 is 15.0 Å². The summed E-state index contributed by atoms with van der Waals surface area (Å²) in [5, 5.41) is 3.99. The van der Waals surface area contributed by atoms with E-state index in [1.54, 1.807) is 7.11 Å². The van der Waals surface area contributed by atoms with E-state index in [1.165, 1.54) is 0 Å². The smallest absolute Gasteiger partial charge is 0.258 e. The number of nitrogens with zero attached hydrogens (tertiary/aromatic N) is 2. The Morgan fingerprint density at radius 1 is 1.32 bits per heavy atom. The average molecular weight is 261 g/mol.